The van der Waals surface area contributed by atoms with Crippen molar-refractivity contribution in [1.29, 1.82) is 0 Å². The van der Waals surface area contributed by atoms with Crippen LogP contribution in [0.5, 0.6) is 0 Å². The Morgan fingerprint density at radius 1 is 0.409 bits per heavy atom. The van der Waals surface area contributed by atoms with Gasteiger partial charge in [0.05, 0.1) is 41.3 Å². The molecule has 6 nitrogen and oxygen atoms in total. The van der Waals surface area contributed by atoms with E-state index >= 15 is 0 Å². The van der Waals surface area contributed by atoms with Gasteiger partial charge in [-0.15, -0.1) is 0 Å². The van der Waals surface area contributed by atoms with Crippen molar-refractivity contribution < 1.29 is 43.4 Å². The number of carbonyl (C=O) groups is 2. The number of quaternary nitrogens is 2. The van der Waals surface area contributed by atoms with Crippen molar-refractivity contribution in [3.63, 3.8) is 0 Å². The summed E-state index contributed by atoms with van der Waals surface area (Å²) in [5, 5.41) is 6.17. The number of hydrogen-bond donors (Lipinski definition) is 2. The quantitative estimate of drug-likeness (QED) is 0.0879. The summed E-state index contributed by atoms with van der Waals surface area (Å²) in [6, 6.07) is 0. The second-order valence-corrected chi connectivity index (χ2v) is 14.4. The van der Waals surface area contributed by atoms with E-state index in [1.165, 1.54) is 128 Å². The highest BCUT2D eigenvalue weighted by Gasteiger charge is 2.20. The monoisotopic (exact) mass is 667 g/mol. The summed E-state index contributed by atoms with van der Waals surface area (Å²) in [6.07, 6.45) is 28.7. The highest BCUT2D eigenvalue weighted by molar-refractivity contribution is 5.77. The summed E-state index contributed by atoms with van der Waals surface area (Å²) >= 11 is 0. The number of nitrogens with zero attached hydrogens (tertiary/aromatic N) is 2. The lowest BCUT2D eigenvalue weighted by atomic mass is 10.1. The number of nitrogens with one attached hydrogen (secondary N) is 2. The van der Waals surface area contributed by atoms with Gasteiger partial charge in [-0.1, -0.05) is 117 Å². The van der Waals surface area contributed by atoms with Crippen LogP contribution in [-0.4, -0.2) is 88.2 Å². The van der Waals surface area contributed by atoms with Crippen LogP contribution < -0.4 is 35.4 Å². The number of likely N-dealkylation sites (N-methyl/N-ethyl adjacent to an activating group) is 2. The molecule has 0 rings (SSSR count). The van der Waals surface area contributed by atoms with Gasteiger partial charge in [0.1, 0.15) is 0 Å². The molecule has 8 heteroatoms. The van der Waals surface area contributed by atoms with E-state index in [0.717, 1.165) is 34.9 Å². The minimum atomic E-state index is 0. The Labute approximate surface area is 287 Å². The molecule has 2 amide bonds. The summed E-state index contributed by atoms with van der Waals surface area (Å²) in [7, 11) is 8.66. The van der Waals surface area contributed by atoms with Crippen molar-refractivity contribution in [1.82, 2.24) is 10.6 Å². The molecule has 0 aromatic heterocycles. The van der Waals surface area contributed by atoms with Crippen LogP contribution in [0.25, 0.3) is 0 Å². The maximum Gasteiger partial charge on any atom is 0.275 e. The Hall–Kier alpha value is -0.560. The Morgan fingerprint density at radius 3 is 0.932 bits per heavy atom. The molecule has 0 aliphatic rings. The van der Waals surface area contributed by atoms with Crippen molar-refractivity contribution in [3.8, 4) is 0 Å². The lowest BCUT2D eigenvalue weighted by Crippen LogP contribution is -3.00. The van der Waals surface area contributed by atoms with E-state index < -0.39 is 0 Å². The first-order valence-electron chi connectivity index (χ1n) is 18.3. The third-order valence-corrected chi connectivity index (χ3v) is 8.63. The van der Waals surface area contributed by atoms with E-state index in [9.17, 15) is 9.59 Å². The first-order chi connectivity index (χ1) is 20.1. The summed E-state index contributed by atoms with van der Waals surface area (Å²) in [5.41, 5.74) is 0. The molecule has 0 bridgehead atoms. The van der Waals surface area contributed by atoms with Gasteiger partial charge >= 0.3 is 0 Å². The van der Waals surface area contributed by atoms with Gasteiger partial charge in [-0.2, -0.15) is 0 Å². The van der Waals surface area contributed by atoms with Crippen molar-refractivity contribution in [3.05, 3.63) is 0 Å². The van der Waals surface area contributed by atoms with Crippen LogP contribution >= 0.6 is 0 Å². The fourth-order valence-electron chi connectivity index (χ4n) is 5.81. The molecule has 0 radical (unpaired) electrons. The maximum atomic E-state index is 12.4. The van der Waals surface area contributed by atoms with Gasteiger partial charge in [0.15, 0.2) is 13.1 Å². The van der Waals surface area contributed by atoms with Gasteiger partial charge in [-0.25, -0.2) is 0 Å². The summed E-state index contributed by atoms with van der Waals surface area (Å²) in [6.45, 7) is 9.12. The molecule has 0 aromatic carbocycles. The zero-order chi connectivity index (χ0) is 31.4. The van der Waals surface area contributed by atoms with E-state index in [1.54, 1.807) is 0 Å². The molecule has 266 valence electrons. The second-order valence-electron chi connectivity index (χ2n) is 14.4. The van der Waals surface area contributed by atoms with Crippen LogP contribution in [0.1, 0.15) is 155 Å². The van der Waals surface area contributed by atoms with Crippen LogP contribution in [0, 0.1) is 0 Å². The topological polar surface area (TPSA) is 58.2 Å². The largest absolute Gasteiger partial charge is 1.00 e. The first kappa shape index (κ1) is 47.8. The molecule has 0 aliphatic heterocycles. The highest BCUT2D eigenvalue weighted by Crippen LogP contribution is 2.13. The van der Waals surface area contributed by atoms with Gasteiger partial charge in [0.2, 0.25) is 0 Å². The molecule has 0 fully saturated rings. The second kappa shape index (κ2) is 32.4. The third kappa shape index (κ3) is 34.3. The summed E-state index contributed by atoms with van der Waals surface area (Å²) in [5.74, 6) is 0.282. The van der Waals surface area contributed by atoms with Gasteiger partial charge in [0, 0.05) is 13.1 Å². The van der Waals surface area contributed by atoms with Crippen molar-refractivity contribution in [2.24, 2.45) is 0 Å². The SMILES string of the molecule is CCCCCCCCCCCC[N+](C)(C)CC(=O)NCCCCNC(=O)C[N+](C)(C)CCCCCCCCCCCC.[Cl-].[Cl-]. The van der Waals surface area contributed by atoms with Gasteiger partial charge in [0.25, 0.3) is 11.8 Å². The van der Waals surface area contributed by atoms with Gasteiger partial charge in [-0.05, 0) is 38.5 Å². The van der Waals surface area contributed by atoms with E-state index in [-0.39, 0.29) is 36.6 Å². The molecule has 2 N–H and O–H groups in total. The molecule has 0 atom stereocenters. The van der Waals surface area contributed by atoms with Crippen LogP contribution in [0.3, 0.4) is 0 Å². The number of hydrogen-bond acceptors (Lipinski definition) is 2. The Morgan fingerprint density at radius 2 is 0.659 bits per heavy atom. The smallest absolute Gasteiger partial charge is 0.275 e. The highest BCUT2D eigenvalue weighted by atomic mass is 35.5. The predicted molar refractivity (Wildman–Crippen MR) is 183 cm³/mol. The average molecular weight is 668 g/mol. The Kier molecular flexibility index (Phi) is 35.2. The lowest BCUT2D eigenvalue weighted by molar-refractivity contribution is -0.882. The van der Waals surface area contributed by atoms with E-state index in [4.69, 9.17) is 0 Å². The van der Waals surface area contributed by atoms with Crippen molar-refractivity contribution in [2.75, 3.05) is 67.5 Å². The number of carbonyl (C=O) groups excluding carboxylic acids is 2. The van der Waals surface area contributed by atoms with E-state index in [0.29, 0.717) is 26.2 Å². The zero-order valence-electron chi connectivity index (χ0n) is 30.3. The van der Waals surface area contributed by atoms with Crippen molar-refractivity contribution >= 4 is 11.8 Å². The fraction of sp³-hybridized carbons (Fsp3) is 0.944. The lowest BCUT2D eigenvalue weighted by Gasteiger charge is -2.29. The molecular weight excluding hydrogens is 591 g/mol. The molecule has 0 spiro atoms. The van der Waals surface area contributed by atoms with Gasteiger partial charge < -0.3 is 44.4 Å². The number of halogens is 2. The predicted octanol–water partition coefficient (Wildman–Crippen LogP) is 2.00. The van der Waals surface area contributed by atoms with E-state index in [1.807, 2.05) is 0 Å². The first-order valence-corrected chi connectivity index (χ1v) is 18.3. The molecule has 0 unspecified atom stereocenters. The minimum absolute atomic E-state index is 0. The number of rotatable bonds is 31. The zero-order valence-corrected chi connectivity index (χ0v) is 31.8. The minimum Gasteiger partial charge on any atom is -1.00 e. The molecule has 0 saturated heterocycles. The normalized spacial score (nSPS) is 11.5. The molecule has 0 heterocycles. The fourth-order valence-corrected chi connectivity index (χ4v) is 5.81. The number of amides is 2. The third-order valence-electron chi connectivity index (χ3n) is 8.63. The van der Waals surface area contributed by atoms with Gasteiger partial charge in [-0.3, -0.25) is 9.59 Å². The standard InChI is InChI=1S/C36H74N4O2.2ClH/c1-7-9-11-13-15-17-19-21-23-27-31-39(3,4)33-35(41)37-29-25-26-30-38-36(42)34-40(5,6)32-28-24-22-20-18-16-14-12-10-8-2;;/h7-34H2,1-6H3;2*1H. The van der Waals surface area contributed by atoms with Crippen LogP contribution in [0.15, 0.2) is 0 Å². The molecular formula is C36H76Cl2N4O2. The maximum absolute atomic E-state index is 12.4. The molecule has 0 aromatic rings. The van der Waals surface area contributed by atoms with Crippen LogP contribution in [0.2, 0.25) is 0 Å². The van der Waals surface area contributed by atoms with Crippen LogP contribution in [-0.2, 0) is 9.59 Å². The Balaban J connectivity index is -0.00000840. The molecule has 44 heavy (non-hydrogen) atoms. The molecule has 0 saturated carbocycles. The summed E-state index contributed by atoms with van der Waals surface area (Å²) < 4.78 is 1.51. The number of unbranched alkanes of at least 4 members (excludes halogenated alkanes) is 19. The molecule has 0 aliphatic carbocycles. The van der Waals surface area contributed by atoms with Crippen molar-refractivity contribution in [2.45, 2.75) is 155 Å². The van der Waals surface area contributed by atoms with E-state index in [2.05, 4.69) is 52.7 Å². The Bertz CT molecular complexity index is 594. The van der Waals surface area contributed by atoms with Crippen LogP contribution in [0.4, 0.5) is 0 Å². The average Bonchev–Trinajstić information content (AvgIpc) is 2.92. The summed E-state index contributed by atoms with van der Waals surface area (Å²) in [4.78, 5) is 24.9.